The zero-order valence-corrected chi connectivity index (χ0v) is 8.65. The number of hydrogen-bond acceptors (Lipinski definition) is 3. The summed E-state index contributed by atoms with van der Waals surface area (Å²) in [5.41, 5.74) is 0. The van der Waals surface area contributed by atoms with Crippen LogP contribution in [0.3, 0.4) is 0 Å². The molecule has 2 unspecified atom stereocenters. The lowest BCUT2D eigenvalue weighted by molar-refractivity contribution is -0.139. The summed E-state index contributed by atoms with van der Waals surface area (Å²) in [5.74, 6) is 0.205. The first-order chi connectivity index (χ1) is 5.63. The van der Waals surface area contributed by atoms with Gasteiger partial charge in [0.25, 0.3) is 0 Å². The molecule has 3 nitrogen and oxygen atoms in total. The maximum atomic E-state index is 11.3. The van der Waals surface area contributed by atoms with Gasteiger partial charge in [0.05, 0.1) is 7.11 Å². The van der Waals surface area contributed by atoms with Gasteiger partial charge in [-0.05, 0) is 13.3 Å². The van der Waals surface area contributed by atoms with Gasteiger partial charge in [0.1, 0.15) is 5.25 Å². The van der Waals surface area contributed by atoms with Crippen LogP contribution < -0.4 is 0 Å². The van der Waals surface area contributed by atoms with Gasteiger partial charge < -0.3 is 4.74 Å². The number of esters is 1. The predicted molar refractivity (Wildman–Crippen MR) is 49.4 cm³/mol. The summed E-state index contributed by atoms with van der Waals surface area (Å²) in [7, 11) is 0.246. The highest BCUT2D eigenvalue weighted by atomic mass is 32.2. The van der Waals surface area contributed by atoms with Crippen LogP contribution >= 0.6 is 0 Å². The van der Waals surface area contributed by atoms with E-state index in [1.807, 2.05) is 6.92 Å². The highest BCUT2D eigenvalue weighted by Crippen LogP contribution is 2.01. The van der Waals surface area contributed by atoms with Gasteiger partial charge in [-0.1, -0.05) is 13.3 Å². The average Bonchev–Trinajstić information content (AvgIpc) is 2.11. The van der Waals surface area contributed by atoms with Gasteiger partial charge in [-0.15, -0.1) is 0 Å². The maximum absolute atomic E-state index is 11.3. The minimum Gasteiger partial charge on any atom is -0.468 e. The average molecular weight is 192 g/mol. The molecule has 0 radical (unpaired) electrons. The molecule has 0 aromatic rings. The van der Waals surface area contributed by atoms with Crippen LogP contribution in [0.25, 0.3) is 0 Å². The summed E-state index contributed by atoms with van der Waals surface area (Å²) in [6.45, 7) is 3.66. The lowest BCUT2D eigenvalue weighted by Crippen LogP contribution is -2.25. The van der Waals surface area contributed by atoms with Crippen molar-refractivity contribution >= 4 is 16.8 Å². The Kier molecular flexibility index (Phi) is 5.98. The summed E-state index contributed by atoms with van der Waals surface area (Å²) < 4.78 is 15.8. The molecule has 0 rings (SSSR count). The Morgan fingerprint density at radius 1 is 1.58 bits per heavy atom. The van der Waals surface area contributed by atoms with Gasteiger partial charge in [0, 0.05) is 16.6 Å². The predicted octanol–water partition coefficient (Wildman–Crippen LogP) is 1.10. The third-order valence-corrected chi connectivity index (χ3v) is 3.30. The summed E-state index contributed by atoms with van der Waals surface area (Å²) in [4.78, 5) is 10.9. The van der Waals surface area contributed by atoms with Crippen molar-refractivity contribution in [1.29, 1.82) is 0 Å². The molecule has 0 heterocycles. The van der Waals surface area contributed by atoms with Crippen molar-refractivity contribution in [2.75, 3.05) is 12.9 Å². The molecule has 0 amide bonds. The fourth-order valence-corrected chi connectivity index (χ4v) is 1.97. The lowest BCUT2D eigenvalue weighted by Gasteiger charge is -2.07. The minimum absolute atomic E-state index is 0.385. The lowest BCUT2D eigenvalue weighted by atomic mass is 10.4. The van der Waals surface area contributed by atoms with Crippen LogP contribution in [-0.4, -0.2) is 28.3 Å². The van der Waals surface area contributed by atoms with Crippen molar-refractivity contribution < 1.29 is 13.7 Å². The van der Waals surface area contributed by atoms with Crippen molar-refractivity contribution in [3.63, 3.8) is 0 Å². The highest BCUT2D eigenvalue weighted by molar-refractivity contribution is 7.86. The van der Waals surface area contributed by atoms with Gasteiger partial charge in [-0.2, -0.15) is 0 Å². The molecule has 0 saturated heterocycles. The van der Waals surface area contributed by atoms with Crippen LogP contribution in [0.15, 0.2) is 0 Å². The van der Waals surface area contributed by atoms with Gasteiger partial charge in [0.15, 0.2) is 0 Å². The number of rotatable bonds is 5. The molecule has 0 aliphatic carbocycles. The number of ether oxygens (including phenoxy) is 1. The number of methoxy groups -OCH3 is 1. The van der Waals surface area contributed by atoms with Crippen molar-refractivity contribution in [1.82, 2.24) is 0 Å². The van der Waals surface area contributed by atoms with Crippen LogP contribution in [-0.2, 0) is 20.3 Å². The number of carbonyl (C=O) groups is 1. The van der Waals surface area contributed by atoms with E-state index >= 15 is 0 Å². The second-order valence-corrected chi connectivity index (χ2v) is 4.48. The molecule has 2 atom stereocenters. The van der Waals surface area contributed by atoms with E-state index in [1.54, 1.807) is 6.92 Å². The molecule has 0 N–H and O–H groups in total. The standard InChI is InChI=1S/C8H16O3S/c1-4-5-6-12(10)7(2)8(9)11-3/h7H,4-6H2,1-3H3. The molecular weight excluding hydrogens is 176 g/mol. The van der Waals surface area contributed by atoms with Crippen LogP contribution in [0, 0.1) is 0 Å². The Balaban J connectivity index is 3.84. The van der Waals surface area contributed by atoms with E-state index in [9.17, 15) is 9.00 Å². The normalized spacial score (nSPS) is 15.2. The van der Waals surface area contributed by atoms with Crippen LogP contribution in [0.2, 0.25) is 0 Å². The topological polar surface area (TPSA) is 43.4 Å². The second kappa shape index (κ2) is 6.17. The van der Waals surface area contributed by atoms with Crippen molar-refractivity contribution in [3.05, 3.63) is 0 Å². The quantitative estimate of drug-likeness (QED) is 0.613. The molecule has 0 aliphatic rings. The number of unbranched alkanes of at least 4 members (excludes halogenated alkanes) is 1. The Morgan fingerprint density at radius 2 is 2.17 bits per heavy atom. The smallest absolute Gasteiger partial charge is 0.321 e. The summed E-state index contributed by atoms with van der Waals surface area (Å²) in [6.07, 6.45) is 1.90. The van der Waals surface area contributed by atoms with E-state index in [1.165, 1.54) is 7.11 Å². The molecule has 4 heteroatoms. The van der Waals surface area contributed by atoms with Crippen LogP contribution in [0.5, 0.6) is 0 Å². The summed E-state index contributed by atoms with van der Waals surface area (Å²) in [5, 5.41) is -0.485. The fourth-order valence-electron chi connectivity index (χ4n) is 0.737. The molecule has 0 aromatic heterocycles. The van der Waals surface area contributed by atoms with E-state index < -0.39 is 16.0 Å². The molecule has 0 aliphatic heterocycles. The maximum Gasteiger partial charge on any atom is 0.321 e. The van der Waals surface area contributed by atoms with Crippen molar-refractivity contribution in [2.24, 2.45) is 0 Å². The zero-order chi connectivity index (χ0) is 9.56. The molecule has 0 aromatic carbocycles. The van der Waals surface area contributed by atoms with E-state index in [0.717, 1.165) is 12.8 Å². The Morgan fingerprint density at radius 3 is 2.58 bits per heavy atom. The molecule has 0 saturated carbocycles. The molecule has 72 valence electrons. The Hall–Kier alpha value is -0.380. The minimum atomic E-state index is -1.07. The molecule has 12 heavy (non-hydrogen) atoms. The number of hydrogen-bond donors (Lipinski definition) is 0. The third-order valence-electron chi connectivity index (χ3n) is 1.63. The first-order valence-corrected chi connectivity index (χ1v) is 5.46. The van der Waals surface area contributed by atoms with Crippen LogP contribution in [0.4, 0.5) is 0 Å². The zero-order valence-electron chi connectivity index (χ0n) is 7.83. The van der Waals surface area contributed by atoms with E-state index in [-0.39, 0.29) is 5.97 Å². The van der Waals surface area contributed by atoms with Gasteiger partial charge in [-0.25, -0.2) is 0 Å². The third kappa shape index (κ3) is 3.85. The van der Waals surface area contributed by atoms with E-state index in [0.29, 0.717) is 5.75 Å². The highest BCUT2D eigenvalue weighted by Gasteiger charge is 2.19. The largest absolute Gasteiger partial charge is 0.468 e. The first kappa shape index (κ1) is 11.6. The Bertz CT molecular complexity index is 168. The SMILES string of the molecule is CCCCS(=O)C(C)C(=O)OC. The summed E-state index contributed by atoms with van der Waals surface area (Å²) >= 11 is 0. The van der Waals surface area contributed by atoms with Crippen molar-refractivity contribution in [2.45, 2.75) is 31.9 Å². The molecular formula is C8H16O3S. The summed E-state index contributed by atoms with van der Waals surface area (Å²) in [6, 6.07) is 0. The fraction of sp³-hybridized carbons (Fsp3) is 0.875. The molecule has 0 bridgehead atoms. The van der Waals surface area contributed by atoms with Crippen molar-refractivity contribution in [3.8, 4) is 0 Å². The van der Waals surface area contributed by atoms with Gasteiger partial charge >= 0.3 is 5.97 Å². The van der Waals surface area contributed by atoms with Gasteiger partial charge in [0.2, 0.25) is 0 Å². The van der Waals surface area contributed by atoms with E-state index in [4.69, 9.17) is 0 Å². The van der Waals surface area contributed by atoms with E-state index in [2.05, 4.69) is 4.74 Å². The Labute approximate surface area is 75.9 Å². The molecule has 0 spiro atoms. The first-order valence-electron chi connectivity index (χ1n) is 4.08. The second-order valence-electron chi connectivity index (χ2n) is 2.60. The van der Waals surface area contributed by atoms with Crippen LogP contribution in [0.1, 0.15) is 26.7 Å². The monoisotopic (exact) mass is 192 g/mol. The molecule has 0 fully saturated rings. The number of carbonyl (C=O) groups excluding carboxylic acids is 1. The van der Waals surface area contributed by atoms with Gasteiger partial charge in [-0.3, -0.25) is 9.00 Å².